The van der Waals surface area contributed by atoms with Gasteiger partial charge in [-0.25, -0.2) is 9.59 Å². The summed E-state index contributed by atoms with van der Waals surface area (Å²) in [5.74, 6) is -0.204. The number of aryl methyl sites for hydroxylation is 1. The first-order valence-electron chi connectivity index (χ1n) is 14.1. The average Bonchev–Trinajstić information content (AvgIpc) is 3.18. The van der Waals surface area contributed by atoms with Crippen LogP contribution in [0, 0.1) is 0 Å². The van der Waals surface area contributed by atoms with Crippen LogP contribution < -0.4 is 21.9 Å². The van der Waals surface area contributed by atoms with Gasteiger partial charge in [-0.3, -0.25) is 19.1 Å². The number of aliphatic hydroxyl groups is 1. The number of rotatable bonds is 14. The van der Waals surface area contributed by atoms with Crippen molar-refractivity contribution in [1.82, 2.24) is 20.2 Å². The third-order valence-electron chi connectivity index (χ3n) is 7.78. The van der Waals surface area contributed by atoms with E-state index in [0.29, 0.717) is 19.5 Å². The van der Waals surface area contributed by atoms with Gasteiger partial charge in [0.1, 0.15) is 18.3 Å². The number of aliphatic hydroxyl groups excluding tert-OH is 1. The molecule has 2 heterocycles. The molecule has 0 saturated carbocycles. The summed E-state index contributed by atoms with van der Waals surface area (Å²) in [6.45, 7) is 13.4. The zero-order valence-corrected chi connectivity index (χ0v) is 26.0. The Morgan fingerprint density at radius 3 is 2.33 bits per heavy atom. The van der Waals surface area contributed by atoms with Crippen LogP contribution in [0.3, 0.4) is 0 Å². The lowest BCUT2D eigenvalue weighted by atomic mass is 10.0. The molecule has 1 aromatic rings. The fraction of sp³-hybridized carbons (Fsp3) is 0.778. The van der Waals surface area contributed by atoms with E-state index >= 15 is 0 Å². The monoisotopic (exact) mass is 584 g/mol. The molecule has 0 aromatic carbocycles. The standard InChI is InChI=1S/C27H48N4O8Si/c1-8-19-21(33)23(39-40(6,7)27(2,3)4)22(38-19)18-17-31(25(35)30-24(18)34)16-13-20(32)28-14-11-9-10-12-15-29-26(36)37-5/h17,19,21-23,33H,8-16H2,1-7H3,(H,28,32)(H,29,36)(H,30,34,35)/t19-,21+,22+,23?/m1/s1. The number of alkyl carbamates (subject to hydrolysis) is 1. The van der Waals surface area contributed by atoms with Crippen molar-refractivity contribution in [2.45, 2.75) is 115 Å². The third kappa shape index (κ3) is 9.28. The van der Waals surface area contributed by atoms with Gasteiger partial charge in [-0.1, -0.05) is 40.5 Å². The van der Waals surface area contributed by atoms with Crippen molar-refractivity contribution < 1.29 is 28.6 Å². The Balaban J connectivity index is 1.99. The fourth-order valence-electron chi connectivity index (χ4n) is 4.27. The molecule has 13 heteroatoms. The van der Waals surface area contributed by atoms with Crippen molar-refractivity contribution in [3.8, 4) is 0 Å². The van der Waals surface area contributed by atoms with Gasteiger partial charge in [0.25, 0.3) is 5.56 Å². The van der Waals surface area contributed by atoms with E-state index in [9.17, 15) is 24.3 Å². The molecule has 4 atom stereocenters. The molecule has 2 amide bonds. The second-order valence-corrected chi connectivity index (χ2v) is 16.6. The van der Waals surface area contributed by atoms with Crippen LogP contribution in [0.1, 0.15) is 77.9 Å². The summed E-state index contributed by atoms with van der Waals surface area (Å²) in [6.07, 6.45) is 1.98. The Kier molecular flexibility index (Phi) is 12.6. The van der Waals surface area contributed by atoms with Gasteiger partial charge in [0.15, 0.2) is 8.32 Å². The van der Waals surface area contributed by atoms with Crippen LogP contribution in [0.25, 0.3) is 0 Å². The van der Waals surface area contributed by atoms with Gasteiger partial charge in [-0.2, -0.15) is 0 Å². The fourth-order valence-corrected chi connectivity index (χ4v) is 5.57. The Labute approximate surface area is 237 Å². The number of amides is 2. The molecule has 2 rings (SSSR count). The van der Waals surface area contributed by atoms with Crippen molar-refractivity contribution >= 4 is 20.3 Å². The maximum absolute atomic E-state index is 12.9. The number of carbonyl (C=O) groups excluding carboxylic acids is 2. The average molecular weight is 585 g/mol. The maximum Gasteiger partial charge on any atom is 0.406 e. The predicted octanol–water partition coefficient (Wildman–Crippen LogP) is 2.56. The number of methoxy groups -OCH3 is 1. The second-order valence-electron chi connectivity index (χ2n) is 11.8. The minimum absolute atomic E-state index is 0.0596. The van der Waals surface area contributed by atoms with E-state index in [4.69, 9.17) is 9.16 Å². The number of hydrogen-bond acceptors (Lipinski definition) is 8. The van der Waals surface area contributed by atoms with Gasteiger partial charge in [0.2, 0.25) is 5.91 Å². The van der Waals surface area contributed by atoms with Crippen molar-refractivity contribution in [2.75, 3.05) is 20.2 Å². The van der Waals surface area contributed by atoms with Crippen LogP contribution in [0.2, 0.25) is 18.1 Å². The number of carbonyl (C=O) groups is 2. The number of nitrogens with zero attached hydrogens (tertiary/aromatic N) is 1. The molecule has 1 aliphatic heterocycles. The quantitative estimate of drug-likeness (QED) is 0.192. The Bertz CT molecular complexity index is 1100. The first-order valence-corrected chi connectivity index (χ1v) is 17.1. The number of hydrogen-bond donors (Lipinski definition) is 4. The highest BCUT2D eigenvalue weighted by molar-refractivity contribution is 6.74. The molecular weight excluding hydrogens is 536 g/mol. The predicted molar refractivity (Wildman–Crippen MR) is 154 cm³/mol. The normalized spacial score (nSPS) is 21.3. The molecule has 1 aliphatic rings. The molecule has 0 spiro atoms. The zero-order valence-electron chi connectivity index (χ0n) is 25.0. The summed E-state index contributed by atoms with van der Waals surface area (Å²) in [4.78, 5) is 51.1. The van der Waals surface area contributed by atoms with Gasteiger partial charge in [-0.05, 0) is 37.4 Å². The van der Waals surface area contributed by atoms with Crippen molar-refractivity contribution in [2.24, 2.45) is 0 Å². The lowest BCUT2D eigenvalue weighted by molar-refractivity contribution is -0.121. The van der Waals surface area contributed by atoms with Crippen molar-refractivity contribution in [3.63, 3.8) is 0 Å². The van der Waals surface area contributed by atoms with Gasteiger partial charge >= 0.3 is 11.8 Å². The minimum Gasteiger partial charge on any atom is -0.453 e. The third-order valence-corrected chi connectivity index (χ3v) is 12.3. The molecule has 0 aliphatic carbocycles. The number of unbranched alkanes of at least 4 members (excludes halogenated alkanes) is 3. The van der Waals surface area contributed by atoms with Crippen LogP contribution >= 0.6 is 0 Å². The highest BCUT2D eigenvalue weighted by atomic mass is 28.4. The van der Waals surface area contributed by atoms with Gasteiger partial charge < -0.3 is 29.6 Å². The van der Waals surface area contributed by atoms with E-state index in [1.165, 1.54) is 17.9 Å². The molecular formula is C27H48N4O8Si. The number of H-pyrrole nitrogens is 1. The lowest BCUT2D eigenvalue weighted by Gasteiger charge is -2.40. The summed E-state index contributed by atoms with van der Waals surface area (Å²) < 4.78 is 18.4. The summed E-state index contributed by atoms with van der Waals surface area (Å²) in [7, 11) is -1.01. The summed E-state index contributed by atoms with van der Waals surface area (Å²) in [5.41, 5.74) is -1.01. The number of aromatic amines is 1. The highest BCUT2D eigenvalue weighted by Gasteiger charge is 2.50. The summed E-state index contributed by atoms with van der Waals surface area (Å²) in [6, 6.07) is 0. The van der Waals surface area contributed by atoms with E-state index in [-0.39, 0.29) is 29.5 Å². The molecule has 1 saturated heterocycles. The van der Waals surface area contributed by atoms with Crippen LogP contribution in [0.15, 0.2) is 15.8 Å². The van der Waals surface area contributed by atoms with Gasteiger partial charge in [0, 0.05) is 32.3 Å². The molecule has 4 N–H and O–H groups in total. The Hall–Kier alpha value is -2.48. The van der Waals surface area contributed by atoms with Crippen LogP contribution in [-0.4, -0.2) is 73.5 Å². The molecule has 0 radical (unpaired) electrons. The van der Waals surface area contributed by atoms with E-state index in [0.717, 1.165) is 25.7 Å². The Morgan fingerprint density at radius 1 is 1.12 bits per heavy atom. The largest absolute Gasteiger partial charge is 0.453 e. The first kappa shape index (κ1) is 33.7. The first-order chi connectivity index (χ1) is 18.7. The number of aromatic nitrogens is 2. The second kappa shape index (κ2) is 14.9. The zero-order chi connectivity index (χ0) is 30.1. The molecule has 1 fully saturated rings. The summed E-state index contributed by atoms with van der Waals surface area (Å²) in [5, 5.41) is 16.4. The van der Waals surface area contributed by atoms with Crippen LogP contribution in [0.4, 0.5) is 4.79 Å². The molecule has 1 aromatic heterocycles. The topological polar surface area (TPSA) is 161 Å². The van der Waals surface area contributed by atoms with Crippen molar-refractivity contribution in [1.29, 1.82) is 0 Å². The highest BCUT2D eigenvalue weighted by Crippen LogP contribution is 2.43. The molecule has 0 bridgehead atoms. The van der Waals surface area contributed by atoms with E-state index in [1.54, 1.807) is 0 Å². The molecule has 40 heavy (non-hydrogen) atoms. The van der Waals surface area contributed by atoms with E-state index < -0.39 is 50.1 Å². The number of nitrogens with one attached hydrogen (secondary N) is 3. The number of ether oxygens (including phenoxy) is 2. The smallest absolute Gasteiger partial charge is 0.406 e. The van der Waals surface area contributed by atoms with Crippen molar-refractivity contribution in [3.05, 3.63) is 32.6 Å². The minimum atomic E-state index is -2.33. The van der Waals surface area contributed by atoms with Crippen LogP contribution in [-0.2, 0) is 25.2 Å². The molecule has 1 unspecified atom stereocenters. The Morgan fingerprint density at radius 2 is 1.75 bits per heavy atom. The van der Waals surface area contributed by atoms with E-state index in [1.807, 2.05) is 6.92 Å². The molecule has 12 nitrogen and oxygen atoms in total. The maximum atomic E-state index is 12.9. The summed E-state index contributed by atoms with van der Waals surface area (Å²) >= 11 is 0. The van der Waals surface area contributed by atoms with Gasteiger partial charge in [0.05, 0.1) is 18.8 Å². The van der Waals surface area contributed by atoms with Crippen LogP contribution in [0.5, 0.6) is 0 Å². The molecule has 228 valence electrons. The van der Waals surface area contributed by atoms with Gasteiger partial charge in [-0.15, -0.1) is 0 Å². The van der Waals surface area contributed by atoms with E-state index in [2.05, 4.69) is 54.2 Å². The SMILES string of the molecule is CC[C@H]1O[C@@H](c2cn(CCC(=O)NCCCCCCNC(=O)OC)c(=O)[nH]c2=O)C(O[Si](C)(C)C(C)(C)C)[C@H]1O. The lowest BCUT2D eigenvalue weighted by Crippen LogP contribution is -2.48.